The first-order valence-corrected chi connectivity index (χ1v) is 13.7. The highest BCUT2D eigenvalue weighted by Gasteiger charge is 2.33. The summed E-state index contributed by atoms with van der Waals surface area (Å²) in [4.78, 5) is 43.1. The topological polar surface area (TPSA) is 123 Å². The molecule has 3 N–H and O–H groups in total. The maximum atomic E-state index is 13.6. The van der Waals surface area contributed by atoms with E-state index in [0.29, 0.717) is 43.1 Å². The summed E-state index contributed by atoms with van der Waals surface area (Å²) >= 11 is 0. The number of carbonyl (C=O) groups excluding carboxylic acids is 2. The van der Waals surface area contributed by atoms with Gasteiger partial charge in [0.15, 0.2) is 0 Å². The molecule has 10 nitrogen and oxygen atoms in total. The van der Waals surface area contributed by atoms with Crippen molar-refractivity contribution in [2.45, 2.75) is 45.4 Å². The highest BCUT2D eigenvalue weighted by Crippen LogP contribution is 2.31. The van der Waals surface area contributed by atoms with Crippen molar-refractivity contribution in [1.82, 2.24) is 14.7 Å². The highest BCUT2D eigenvalue weighted by atomic mass is 16.5. The van der Waals surface area contributed by atoms with E-state index in [1.807, 2.05) is 39.9 Å². The second-order valence-corrected chi connectivity index (χ2v) is 11.0. The zero-order valence-corrected chi connectivity index (χ0v) is 24.1. The molecule has 0 aliphatic carbocycles. The lowest BCUT2D eigenvalue weighted by Crippen LogP contribution is -2.49. The number of carboxylic acid groups (broad SMARTS) is 1. The summed E-state index contributed by atoms with van der Waals surface area (Å²) < 4.78 is 6.44. The molecule has 3 rings (SSSR count). The number of likely N-dealkylation sites (N-methyl/N-ethyl adjacent to an activating group) is 1. The first kappa shape index (κ1) is 31.1. The molecule has 0 saturated carbocycles. The standard InChI is InChI=1S/C30H42N4O6/c1-20-16-34(21(2)19-35)29(37)25-15-24(31-28(36)7-6-14-32(3)4)12-13-26(25)40-27(20)18-33(5)17-22-8-10-23(11-9-22)30(38)39/h8-13,15,20-21,27,35H,6-7,14,16-19H2,1-5H3,(H,31,36)(H,38,39)/t20-,21+,27-/m1/s1. The van der Waals surface area contributed by atoms with Gasteiger partial charge in [-0.3, -0.25) is 14.5 Å². The summed E-state index contributed by atoms with van der Waals surface area (Å²) in [5, 5.41) is 21.9. The third-order valence-corrected chi connectivity index (χ3v) is 7.10. The summed E-state index contributed by atoms with van der Waals surface area (Å²) in [6.45, 7) is 6.01. The molecule has 0 saturated heterocycles. The third kappa shape index (κ3) is 8.51. The van der Waals surface area contributed by atoms with Gasteiger partial charge in [0, 0.05) is 37.7 Å². The second-order valence-electron chi connectivity index (χ2n) is 11.0. The molecule has 1 aliphatic rings. The largest absolute Gasteiger partial charge is 0.488 e. The second kappa shape index (κ2) is 14.2. The Morgan fingerprint density at radius 3 is 2.48 bits per heavy atom. The molecule has 10 heteroatoms. The smallest absolute Gasteiger partial charge is 0.335 e. The lowest BCUT2D eigenvalue weighted by atomic mass is 9.99. The maximum Gasteiger partial charge on any atom is 0.335 e. The van der Waals surface area contributed by atoms with Crippen LogP contribution in [0.1, 0.15) is 53.0 Å². The number of nitrogens with zero attached hydrogens (tertiary/aromatic N) is 3. The van der Waals surface area contributed by atoms with Gasteiger partial charge < -0.3 is 30.1 Å². The van der Waals surface area contributed by atoms with E-state index in [1.54, 1.807) is 47.4 Å². The third-order valence-electron chi connectivity index (χ3n) is 7.10. The number of aromatic carboxylic acids is 1. The molecule has 1 aliphatic heterocycles. The fraction of sp³-hybridized carbons (Fsp3) is 0.500. The maximum absolute atomic E-state index is 13.6. The molecular formula is C30H42N4O6. The fourth-order valence-corrected chi connectivity index (χ4v) is 4.73. The lowest BCUT2D eigenvalue weighted by Gasteiger charge is -2.38. The summed E-state index contributed by atoms with van der Waals surface area (Å²) in [6, 6.07) is 11.5. The summed E-state index contributed by atoms with van der Waals surface area (Å²) in [5.41, 5.74) is 2.08. The number of rotatable bonds is 12. The van der Waals surface area contributed by atoms with Crippen LogP contribution in [0.5, 0.6) is 5.75 Å². The Morgan fingerprint density at radius 1 is 1.15 bits per heavy atom. The van der Waals surface area contributed by atoms with Gasteiger partial charge in [-0.2, -0.15) is 0 Å². The molecule has 0 fully saturated rings. The van der Waals surface area contributed by atoms with E-state index in [4.69, 9.17) is 9.84 Å². The molecule has 0 unspecified atom stereocenters. The first-order valence-electron chi connectivity index (χ1n) is 13.7. The number of benzene rings is 2. The quantitative estimate of drug-likeness (QED) is 0.366. The number of ether oxygens (including phenoxy) is 1. The fourth-order valence-electron chi connectivity index (χ4n) is 4.73. The molecule has 3 atom stereocenters. The van der Waals surface area contributed by atoms with Gasteiger partial charge in [-0.1, -0.05) is 19.1 Å². The molecule has 40 heavy (non-hydrogen) atoms. The van der Waals surface area contributed by atoms with Crippen LogP contribution >= 0.6 is 0 Å². The SMILES string of the molecule is C[C@@H]1CN([C@@H](C)CO)C(=O)c2cc(NC(=O)CCCN(C)C)ccc2O[C@@H]1CN(C)Cc1ccc(C(=O)O)cc1. The van der Waals surface area contributed by atoms with Crippen molar-refractivity contribution in [2.75, 3.05) is 52.7 Å². The first-order chi connectivity index (χ1) is 19.0. The summed E-state index contributed by atoms with van der Waals surface area (Å²) in [5.74, 6) is -0.942. The number of carbonyl (C=O) groups is 3. The van der Waals surface area contributed by atoms with Gasteiger partial charge in [-0.25, -0.2) is 4.79 Å². The Balaban J connectivity index is 1.80. The Hall–Kier alpha value is -3.47. The zero-order valence-electron chi connectivity index (χ0n) is 24.1. The number of amides is 2. The highest BCUT2D eigenvalue weighted by molar-refractivity contribution is 6.00. The minimum absolute atomic E-state index is 0.0426. The van der Waals surface area contributed by atoms with Gasteiger partial charge in [0.2, 0.25) is 5.91 Å². The van der Waals surface area contributed by atoms with Crippen LogP contribution in [0.15, 0.2) is 42.5 Å². The predicted octanol–water partition coefficient (Wildman–Crippen LogP) is 3.02. The molecule has 0 bridgehead atoms. The molecule has 1 heterocycles. The van der Waals surface area contributed by atoms with Crippen molar-refractivity contribution < 1.29 is 29.3 Å². The zero-order chi connectivity index (χ0) is 29.4. The Bertz CT molecular complexity index is 1170. The van der Waals surface area contributed by atoms with Crippen LogP contribution in [0.2, 0.25) is 0 Å². The van der Waals surface area contributed by atoms with E-state index < -0.39 is 12.0 Å². The average molecular weight is 555 g/mol. The minimum atomic E-state index is -0.960. The number of hydrogen-bond donors (Lipinski definition) is 3. The van der Waals surface area contributed by atoms with Gasteiger partial charge >= 0.3 is 5.97 Å². The normalized spacial score (nSPS) is 18.1. The Morgan fingerprint density at radius 2 is 1.85 bits per heavy atom. The van der Waals surface area contributed by atoms with Gasteiger partial charge in [0.1, 0.15) is 11.9 Å². The van der Waals surface area contributed by atoms with Crippen LogP contribution in [0.4, 0.5) is 5.69 Å². The van der Waals surface area contributed by atoms with Crippen molar-refractivity contribution in [1.29, 1.82) is 0 Å². The molecule has 2 aromatic carbocycles. The monoisotopic (exact) mass is 554 g/mol. The number of aliphatic hydroxyl groups excluding tert-OH is 1. The van der Waals surface area contributed by atoms with E-state index in [0.717, 1.165) is 18.5 Å². The predicted molar refractivity (Wildman–Crippen MR) is 154 cm³/mol. The number of anilines is 1. The van der Waals surface area contributed by atoms with Crippen molar-refractivity contribution >= 4 is 23.5 Å². The van der Waals surface area contributed by atoms with Crippen LogP contribution < -0.4 is 10.1 Å². The van der Waals surface area contributed by atoms with E-state index in [1.165, 1.54) is 0 Å². The van der Waals surface area contributed by atoms with Crippen molar-refractivity contribution in [3.05, 3.63) is 59.2 Å². The number of carboxylic acids is 1. The van der Waals surface area contributed by atoms with Crippen LogP contribution in [-0.4, -0.2) is 102 Å². The van der Waals surface area contributed by atoms with Gasteiger partial charge in [0.25, 0.3) is 5.91 Å². The van der Waals surface area contributed by atoms with E-state index in [2.05, 4.69) is 10.2 Å². The molecule has 2 aromatic rings. The average Bonchev–Trinajstić information content (AvgIpc) is 2.90. The molecular weight excluding hydrogens is 512 g/mol. The lowest BCUT2D eigenvalue weighted by molar-refractivity contribution is -0.116. The van der Waals surface area contributed by atoms with Gasteiger partial charge in [0.05, 0.1) is 23.8 Å². The van der Waals surface area contributed by atoms with Crippen LogP contribution in [0.3, 0.4) is 0 Å². The molecule has 0 spiro atoms. The van der Waals surface area contributed by atoms with Crippen molar-refractivity contribution in [2.24, 2.45) is 5.92 Å². The Kier molecular flexibility index (Phi) is 11.1. The number of aliphatic hydroxyl groups is 1. The molecule has 218 valence electrons. The Labute approximate surface area is 236 Å². The summed E-state index contributed by atoms with van der Waals surface area (Å²) in [6.07, 6.45) is 0.831. The van der Waals surface area contributed by atoms with Crippen LogP contribution in [0.25, 0.3) is 0 Å². The van der Waals surface area contributed by atoms with E-state index in [9.17, 15) is 19.5 Å². The van der Waals surface area contributed by atoms with E-state index in [-0.39, 0.29) is 36.0 Å². The van der Waals surface area contributed by atoms with Crippen LogP contribution in [0, 0.1) is 5.92 Å². The summed E-state index contributed by atoms with van der Waals surface area (Å²) in [7, 11) is 5.89. The van der Waals surface area contributed by atoms with Gasteiger partial charge in [-0.15, -0.1) is 0 Å². The van der Waals surface area contributed by atoms with E-state index >= 15 is 0 Å². The molecule has 0 aromatic heterocycles. The molecule has 0 radical (unpaired) electrons. The van der Waals surface area contributed by atoms with Gasteiger partial charge in [-0.05, 0) is 76.9 Å². The molecule has 2 amide bonds. The number of fused-ring (bicyclic) bond motifs is 1. The number of hydrogen-bond acceptors (Lipinski definition) is 7. The van der Waals surface area contributed by atoms with Crippen molar-refractivity contribution in [3.8, 4) is 5.75 Å². The number of nitrogens with one attached hydrogen (secondary N) is 1. The minimum Gasteiger partial charge on any atom is -0.488 e. The van der Waals surface area contributed by atoms with Crippen molar-refractivity contribution in [3.63, 3.8) is 0 Å². The van der Waals surface area contributed by atoms with Crippen LogP contribution in [-0.2, 0) is 11.3 Å².